The molecule has 0 aliphatic heterocycles. The maximum Gasteiger partial charge on any atom is 0.226 e. The van der Waals surface area contributed by atoms with Crippen LogP contribution in [0.15, 0.2) is 39.8 Å². The zero-order valence-electron chi connectivity index (χ0n) is 11.4. The van der Waals surface area contributed by atoms with E-state index in [1.807, 2.05) is 24.8 Å². The average molecular weight is 277 g/mol. The first kappa shape index (κ1) is 14.1. The van der Waals surface area contributed by atoms with Crippen LogP contribution in [0.25, 0.3) is 0 Å². The third-order valence-electron chi connectivity index (χ3n) is 2.71. The van der Waals surface area contributed by atoms with Crippen LogP contribution in [0, 0.1) is 0 Å². The Morgan fingerprint density at radius 1 is 1.26 bits per heavy atom. The lowest BCUT2D eigenvalue weighted by Gasteiger charge is -2.13. The van der Waals surface area contributed by atoms with Crippen molar-refractivity contribution in [3.05, 3.63) is 42.0 Å². The van der Waals surface area contributed by atoms with Gasteiger partial charge in [0, 0.05) is 23.6 Å². The van der Waals surface area contributed by atoms with Crippen LogP contribution in [0.3, 0.4) is 0 Å². The summed E-state index contributed by atoms with van der Waals surface area (Å²) in [5.41, 5.74) is 0. The van der Waals surface area contributed by atoms with E-state index in [1.165, 1.54) is 4.90 Å². The van der Waals surface area contributed by atoms with Gasteiger partial charge in [-0.15, -0.1) is 11.8 Å². The molecule has 0 saturated heterocycles. The second kappa shape index (κ2) is 7.31. The molecule has 0 aliphatic carbocycles. The second-order valence-electron chi connectivity index (χ2n) is 4.36. The Kier molecular flexibility index (Phi) is 5.42. The molecule has 1 heterocycles. The number of hydrogen-bond donors (Lipinski definition) is 0. The number of benzene rings is 1. The van der Waals surface area contributed by atoms with Crippen molar-refractivity contribution < 1.29 is 4.52 Å². The molecule has 1 aromatic heterocycles. The van der Waals surface area contributed by atoms with Crippen molar-refractivity contribution in [1.82, 2.24) is 15.0 Å². The minimum absolute atomic E-state index is 0.710. The number of rotatable bonds is 7. The third-order valence-corrected chi connectivity index (χ3v) is 3.70. The van der Waals surface area contributed by atoms with Crippen LogP contribution in [-0.2, 0) is 13.0 Å². The quantitative estimate of drug-likeness (QED) is 0.728. The van der Waals surface area contributed by atoms with Gasteiger partial charge in [-0.05, 0) is 19.2 Å². The lowest BCUT2D eigenvalue weighted by atomic mass is 10.4. The van der Waals surface area contributed by atoms with Crippen molar-refractivity contribution in [3.63, 3.8) is 0 Å². The number of nitrogens with zero attached hydrogens (tertiary/aromatic N) is 3. The highest BCUT2D eigenvalue weighted by molar-refractivity contribution is 7.99. The SMILES string of the molecule is CCc1nc(CN(C)CCSc2ccccc2)no1. The summed E-state index contributed by atoms with van der Waals surface area (Å²) in [5.74, 6) is 2.53. The summed E-state index contributed by atoms with van der Waals surface area (Å²) in [5, 5.41) is 3.96. The van der Waals surface area contributed by atoms with Crippen molar-refractivity contribution >= 4 is 11.8 Å². The highest BCUT2D eigenvalue weighted by Gasteiger charge is 2.07. The Bertz CT molecular complexity index is 486. The average Bonchev–Trinajstić information content (AvgIpc) is 2.87. The van der Waals surface area contributed by atoms with Gasteiger partial charge in [0.1, 0.15) is 0 Å². The molecule has 2 rings (SSSR count). The fraction of sp³-hybridized carbons (Fsp3) is 0.429. The first-order valence-electron chi connectivity index (χ1n) is 6.45. The van der Waals surface area contributed by atoms with E-state index in [4.69, 9.17) is 4.52 Å². The molecule has 0 spiro atoms. The Morgan fingerprint density at radius 2 is 2.05 bits per heavy atom. The fourth-order valence-electron chi connectivity index (χ4n) is 1.65. The highest BCUT2D eigenvalue weighted by Crippen LogP contribution is 2.16. The molecule has 2 aromatic rings. The summed E-state index contributed by atoms with van der Waals surface area (Å²) in [4.78, 5) is 7.83. The van der Waals surface area contributed by atoms with Crippen LogP contribution in [0.1, 0.15) is 18.6 Å². The van der Waals surface area contributed by atoms with Crippen LogP contribution in [0.5, 0.6) is 0 Å². The van der Waals surface area contributed by atoms with Crippen LogP contribution in [-0.4, -0.2) is 34.4 Å². The minimum Gasteiger partial charge on any atom is -0.339 e. The van der Waals surface area contributed by atoms with Gasteiger partial charge in [-0.1, -0.05) is 30.3 Å². The first-order chi connectivity index (χ1) is 9.28. The number of thioether (sulfide) groups is 1. The van der Waals surface area contributed by atoms with E-state index < -0.39 is 0 Å². The van der Waals surface area contributed by atoms with Crippen molar-refractivity contribution in [1.29, 1.82) is 0 Å². The number of aromatic nitrogens is 2. The standard InChI is InChI=1S/C14H19N3OS/c1-3-14-15-13(16-18-14)11-17(2)9-10-19-12-7-5-4-6-8-12/h4-8H,3,9-11H2,1-2H3. The predicted molar refractivity (Wildman–Crippen MR) is 77.2 cm³/mol. The molecule has 1 aromatic carbocycles. The van der Waals surface area contributed by atoms with Gasteiger partial charge in [0.2, 0.25) is 5.89 Å². The molecule has 0 radical (unpaired) electrons. The summed E-state index contributed by atoms with van der Waals surface area (Å²) in [6, 6.07) is 10.4. The largest absolute Gasteiger partial charge is 0.339 e. The monoisotopic (exact) mass is 277 g/mol. The smallest absolute Gasteiger partial charge is 0.226 e. The Balaban J connectivity index is 1.71. The zero-order chi connectivity index (χ0) is 13.5. The van der Waals surface area contributed by atoms with Crippen LogP contribution >= 0.6 is 11.8 Å². The van der Waals surface area contributed by atoms with Gasteiger partial charge in [-0.3, -0.25) is 4.90 Å². The molecule has 4 nitrogen and oxygen atoms in total. The molecule has 0 saturated carbocycles. The van der Waals surface area contributed by atoms with Crippen LogP contribution < -0.4 is 0 Å². The fourth-order valence-corrected chi connectivity index (χ4v) is 2.64. The Labute approximate surface area is 118 Å². The maximum atomic E-state index is 5.10. The molecular weight excluding hydrogens is 258 g/mol. The molecule has 0 bridgehead atoms. The Morgan fingerprint density at radius 3 is 2.74 bits per heavy atom. The van der Waals surface area contributed by atoms with Crippen LogP contribution in [0.2, 0.25) is 0 Å². The third kappa shape index (κ3) is 4.69. The van der Waals surface area contributed by atoms with Gasteiger partial charge in [0.05, 0.1) is 6.54 Å². The van der Waals surface area contributed by atoms with E-state index in [2.05, 4.69) is 46.4 Å². The minimum atomic E-state index is 0.710. The molecule has 0 unspecified atom stereocenters. The lowest BCUT2D eigenvalue weighted by molar-refractivity contribution is 0.322. The van der Waals surface area contributed by atoms with Crippen molar-refractivity contribution in [3.8, 4) is 0 Å². The molecule has 19 heavy (non-hydrogen) atoms. The molecule has 0 aliphatic rings. The van der Waals surface area contributed by atoms with E-state index >= 15 is 0 Å². The first-order valence-corrected chi connectivity index (χ1v) is 7.44. The summed E-state index contributed by atoms with van der Waals surface area (Å²) in [6.45, 7) is 3.74. The normalized spacial score (nSPS) is 11.1. The topological polar surface area (TPSA) is 42.2 Å². The second-order valence-corrected chi connectivity index (χ2v) is 5.53. The van der Waals surface area contributed by atoms with Crippen molar-refractivity contribution in [2.24, 2.45) is 0 Å². The molecule has 0 amide bonds. The number of aryl methyl sites for hydroxylation is 1. The van der Waals surface area contributed by atoms with E-state index in [0.29, 0.717) is 5.89 Å². The van der Waals surface area contributed by atoms with Gasteiger partial charge in [0.25, 0.3) is 0 Å². The Hall–Kier alpha value is -1.33. The zero-order valence-corrected chi connectivity index (χ0v) is 12.2. The van der Waals surface area contributed by atoms with E-state index in [0.717, 1.165) is 31.1 Å². The van der Waals surface area contributed by atoms with E-state index in [9.17, 15) is 0 Å². The highest BCUT2D eigenvalue weighted by atomic mass is 32.2. The summed E-state index contributed by atoms with van der Waals surface area (Å²) < 4.78 is 5.10. The molecule has 102 valence electrons. The molecule has 0 atom stereocenters. The number of hydrogen-bond acceptors (Lipinski definition) is 5. The molecule has 0 N–H and O–H groups in total. The van der Waals surface area contributed by atoms with Gasteiger partial charge in [-0.25, -0.2) is 0 Å². The molecular formula is C14H19N3OS. The van der Waals surface area contributed by atoms with Gasteiger partial charge in [-0.2, -0.15) is 4.98 Å². The molecule has 5 heteroatoms. The van der Waals surface area contributed by atoms with Crippen LogP contribution in [0.4, 0.5) is 0 Å². The molecule has 0 fully saturated rings. The van der Waals surface area contributed by atoms with Gasteiger partial charge >= 0.3 is 0 Å². The van der Waals surface area contributed by atoms with Gasteiger partial charge in [0.15, 0.2) is 5.82 Å². The van der Waals surface area contributed by atoms with E-state index in [-0.39, 0.29) is 0 Å². The van der Waals surface area contributed by atoms with Gasteiger partial charge < -0.3 is 4.52 Å². The summed E-state index contributed by atoms with van der Waals surface area (Å²) in [7, 11) is 2.08. The summed E-state index contributed by atoms with van der Waals surface area (Å²) in [6.07, 6.45) is 0.792. The van der Waals surface area contributed by atoms with Crippen molar-refractivity contribution in [2.45, 2.75) is 24.8 Å². The lowest BCUT2D eigenvalue weighted by Crippen LogP contribution is -2.21. The van der Waals surface area contributed by atoms with E-state index in [1.54, 1.807) is 0 Å². The maximum absolute atomic E-state index is 5.10. The summed E-state index contributed by atoms with van der Waals surface area (Å²) >= 11 is 1.86. The van der Waals surface area contributed by atoms with Crippen molar-refractivity contribution in [2.75, 3.05) is 19.3 Å². The predicted octanol–water partition coefficient (Wildman–Crippen LogP) is 2.86.